The summed E-state index contributed by atoms with van der Waals surface area (Å²) in [6.07, 6.45) is -3.00. The molecule has 0 atom stereocenters. The number of nitrogens with zero attached hydrogens (tertiary/aromatic N) is 2. The van der Waals surface area contributed by atoms with Gasteiger partial charge in [-0.05, 0) is 22.6 Å². The lowest BCUT2D eigenvalue weighted by Gasteiger charge is -2.04. The maximum absolute atomic E-state index is 11.8. The standard InChI is InChI=1S/C5H5F3IN3/c6-5(7,8)2-12-1-3(9)4(10)11-12/h1H,2H2,(H2,10,11). The van der Waals surface area contributed by atoms with Crippen LogP contribution in [0.15, 0.2) is 6.20 Å². The van der Waals surface area contributed by atoms with E-state index in [0.29, 0.717) is 3.57 Å². The van der Waals surface area contributed by atoms with Crippen LogP contribution in [0.3, 0.4) is 0 Å². The average molecular weight is 291 g/mol. The second kappa shape index (κ2) is 3.11. The van der Waals surface area contributed by atoms with Crippen LogP contribution in [0.1, 0.15) is 0 Å². The zero-order valence-electron chi connectivity index (χ0n) is 5.77. The maximum atomic E-state index is 11.8. The Morgan fingerprint density at radius 3 is 2.50 bits per heavy atom. The summed E-state index contributed by atoms with van der Waals surface area (Å²) >= 11 is 1.82. The first kappa shape index (κ1) is 9.62. The summed E-state index contributed by atoms with van der Waals surface area (Å²) in [5, 5.41) is 3.46. The van der Waals surface area contributed by atoms with Crippen LogP contribution in [0.5, 0.6) is 0 Å². The maximum Gasteiger partial charge on any atom is 0.408 e. The Morgan fingerprint density at radius 2 is 2.17 bits per heavy atom. The van der Waals surface area contributed by atoms with Crippen molar-refractivity contribution in [3.05, 3.63) is 9.77 Å². The number of anilines is 1. The molecule has 1 aromatic rings. The smallest absolute Gasteiger partial charge is 0.381 e. The molecule has 0 unspecified atom stereocenters. The van der Waals surface area contributed by atoms with E-state index in [0.717, 1.165) is 4.68 Å². The fourth-order valence-corrected chi connectivity index (χ4v) is 1.11. The molecule has 3 nitrogen and oxygen atoms in total. The molecule has 0 fully saturated rings. The highest BCUT2D eigenvalue weighted by atomic mass is 127. The molecule has 7 heteroatoms. The number of nitrogen functional groups attached to an aromatic ring is 1. The molecule has 68 valence electrons. The Kier molecular flexibility index (Phi) is 2.49. The number of halogens is 4. The van der Waals surface area contributed by atoms with Gasteiger partial charge in [-0.2, -0.15) is 18.3 Å². The second-order valence-corrected chi connectivity index (χ2v) is 3.34. The predicted molar refractivity (Wildman–Crippen MR) is 45.4 cm³/mol. The van der Waals surface area contributed by atoms with Gasteiger partial charge in [0.1, 0.15) is 6.54 Å². The molecular formula is C5H5F3IN3. The van der Waals surface area contributed by atoms with E-state index in [9.17, 15) is 13.2 Å². The summed E-state index contributed by atoms with van der Waals surface area (Å²) in [6, 6.07) is 0. The number of alkyl halides is 3. The molecule has 0 amide bonds. The monoisotopic (exact) mass is 291 g/mol. The lowest BCUT2D eigenvalue weighted by molar-refractivity contribution is -0.142. The lowest BCUT2D eigenvalue weighted by atomic mass is 10.6. The molecule has 0 aliphatic heterocycles. The third-order valence-electron chi connectivity index (χ3n) is 1.08. The number of nitrogens with two attached hydrogens (primary N) is 1. The first-order chi connectivity index (χ1) is 5.38. The van der Waals surface area contributed by atoms with E-state index >= 15 is 0 Å². The largest absolute Gasteiger partial charge is 0.408 e. The highest BCUT2D eigenvalue weighted by Gasteiger charge is 2.28. The van der Waals surface area contributed by atoms with Crippen molar-refractivity contribution in [3.8, 4) is 0 Å². The van der Waals surface area contributed by atoms with E-state index in [4.69, 9.17) is 5.73 Å². The van der Waals surface area contributed by atoms with Crippen molar-refractivity contribution < 1.29 is 13.2 Å². The highest BCUT2D eigenvalue weighted by molar-refractivity contribution is 14.1. The van der Waals surface area contributed by atoms with Crippen LogP contribution >= 0.6 is 22.6 Å². The molecule has 0 aromatic carbocycles. The van der Waals surface area contributed by atoms with Gasteiger partial charge in [0.05, 0.1) is 3.57 Å². The van der Waals surface area contributed by atoms with Gasteiger partial charge >= 0.3 is 6.18 Å². The topological polar surface area (TPSA) is 43.8 Å². The number of aromatic nitrogens is 2. The molecule has 0 radical (unpaired) electrons. The van der Waals surface area contributed by atoms with Crippen LogP contribution in [0.4, 0.5) is 19.0 Å². The van der Waals surface area contributed by atoms with Crippen molar-refractivity contribution in [3.63, 3.8) is 0 Å². The Hall–Kier alpha value is -0.470. The van der Waals surface area contributed by atoms with Crippen molar-refractivity contribution in [2.24, 2.45) is 0 Å². The second-order valence-electron chi connectivity index (χ2n) is 2.18. The molecule has 1 heterocycles. The molecule has 0 bridgehead atoms. The van der Waals surface area contributed by atoms with Crippen LogP contribution in [-0.4, -0.2) is 16.0 Å². The minimum atomic E-state index is -4.25. The fraction of sp³-hybridized carbons (Fsp3) is 0.400. The van der Waals surface area contributed by atoms with Gasteiger partial charge < -0.3 is 5.73 Å². The SMILES string of the molecule is Nc1nn(CC(F)(F)F)cc1I. The molecule has 0 spiro atoms. The first-order valence-corrected chi connectivity index (χ1v) is 4.01. The van der Waals surface area contributed by atoms with Crippen molar-refractivity contribution >= 4 is 28.4 Å². The molecule has 0 aliphatic carbocycles. The number of hydrogen-bond acceptors (Lipinski definition) is 2. The van der Waals surface area contributed by atoms with E-state index in [1.165, 1.54) is 6.20 Å². The lowest BCUT2D eigenvalue weighted by Crippen LogP contribution is -2.18. The van der Waals surface area contributed by atoms with Crippen molar-refractivity contribution in [2.45, 2.75) is 12.7 Å². The van der Waals surface area contributed by atoms with E-state index in [2.05, 4.69) is 5.10 Å². The highest BCUT2D eigenvalue weighted by Crippen LogP contribution is 2.19. The van der Waals surface area contributed by atoms with Crippen molar-refractivity contribution in [1.82, 2.24) is 9.78 Å². The van der Waals surface area contributed by atoms with Crippen molar-refractivity contribution in [2.75, 3.05) is 5.73 Å². The zero-order valence-corrected chi connectivity index (χ0v) is 7.93. The Bertz CT molecular complexity index is 260. The Labute approximate surface area is 79.9 Å². The average Bonchev–Trinajstić information content (AvgIpc) is 2.07. The normalized spacial score (nSPS) is 12.0. The predicted octanol–water partition coefficient (Wildman–Crippen LogP) is 1.63. The van der Waals surface area contributed by atoms with Gasteiger partial charge in [0.15, 0.2) is 5.82 Å². The molecule has 1 aromatic heterocycles. The van der Waals surface area contributed by atoms with E-state index in [-0.39, 0.29) is 5.82 Å². The minimum absolute atomic E-state index is 0.125. The quantitative estimate of drug-likeness (QED) is 0.799. The molecular weight excluding hydrogens is 286 g/mol. The van der Waals surface area contributed by atoms with Gasteiger partial charge in [0.25, 0.3) is 0 Å². The van der Waals surface area contributed by atoms with Crippen LogP contribution in [-0.2, 0) is 6.54 Å². The molecule has 0 saturated heterocycles. The molecule has 2 N–H and O–H groups in total. The van der Waals surface area contributed by atoms with E-state index < -0.39 is 12.7 Å². The summed E-state index contributed by atoms with van der Waals surface area (Å²) < 4.78 is 36.6. The molecule has 0 aliphatic rings. The Balaban J connectivity index is 2.77. The van der Waals surface area contributed by atoms with Gasteiger partial charge in [0.2, 0.25) is 0 Å². The minimum Gasteiger partial charge on any atom is -0.381 e. The summed E-state index contributed by atoms with van der Waals surface area (Å²) in [5.41, 5.74) is 5.25. The Morgan fingerprint density at radius 1 is 1.58 bits per heavy atom. The van der Waals surface area contributed by atoms with Gasteiger partial charge in [-0.15, -0.1) is 0 Å². The number of hydrogen-bond donors (Lipinski definition) is 1. The summed E-state index contributed by atoms with van der Waals surface area (Å²) in [5.74, 6) is 0.125. The van der Waals surface area contributed by atoms with Crippen molar-refractivity contribution in [1.29, 1.82) is 0 Å². The van der Waals surface area contributed by atoms with Gasteiger partial charge in [-0.1, -0.05) is 0 Å². The molecule has 0 saturated carbocycles. The summed E-state index contributed by atoms with van der Waals surface area (Å²) in [4.78, 5) is 0. The zero-order chi connectivity index (χ0) is 9.35. The van der Waals surface area contributed by atoms with Gasteiger partial charge in [0, 0.05) is 6.20 Å². The van der Waals surface area contributed by atoms with Crippen LogP contribution < -0.4 is 5.73 Å². The van der Waals surface area contributed by atoms with Crippen LogP contribution in [0.25, 0.3) is 0 Å². The first-order valence-electron chi connectivity index (χ1n) is 2.93. The van der Waals surface area contributed by atoms with Gasteiger partial charge in [-0.3, -0.25) is 4.68 Å². The van der Waals surface area contributed by atoms with Gasteiger partial charge in [-0.25, -0.2) is 0 Å². The fourth-order valence-electron chi connectivity index (χ4n) is 0.677. The summed E-state index contributed by atoms with van der Waals surface area (Å²) in [7, 11) is 0. The third-order valence-corrected chi connectivity index (χ3v) is 1.92. The number of rotatable bonds is 1. The van der Waals surface area contributed by atoms with E-state index in [1.54, 1.807) is 0 Å². The van der Waals surface area contributed by atoms with Crippen LogP contribution in [0.2, 0.25) is 0 Å². The van der Waals surface area contributed by atoms with Crippen LogP contribution in [0, 0.1) is 3.57 Å². The molecule has 12 heavy (non-hydrogen) atoms. The summed E-state index contributed by atoms with van der Waals surface area (Å²) in [6.45, 7) is -1.10. The molecule has 1 rings (SSSR count). The van der Waals surface area contributed by atoms with E-state index in [1.807, 2.05) is 22.6 Å². The third kappa shape index (κ3) is 2.54.